The lowest BCUT2D eigenvalue weighted by Crippen LogP contribution is -2.44. The molecule has 0 heterocycles. The monoisotopic (exact) mass is 414 g/mol. The zero-order valence-electron chi connectivity index (χ0n) is 16.0. The van der Waals surface area contributed by atoms with Crippen LogP contribution in [-0.4, -0.2) is 55.8 Å². The van der Waals surface area contributed by atoms with E-state index < -0.39 is 69.1 Å². The van der Waals surface area contributed by atoms with Gasteiger partial charge in [0.1, 0.15) is 23.2 Å². The van der Waals surface area contributed by atoms with Gasteiger partial charge >= 0.3 is 5.97 Å². The fourth-order valence-corrected chi connectivity index (χ4v) is 4.45. The van der Waals surface area contributed by atoms with Crippen LogP contribution < -0.4 is 0 Å². The molecule has 4 rings (SSSR count). The van der Waals surface area contributed by atoms with Gasteiger partial charge in [0, 0.05) is 17.5 Å². The van der Waals surface area contributed by atoms with Gasteiger partial charge in [0.25, 0.3) is 0 Å². The van der Waals surface area contributed by atoms with Crippen LogP contribution in [0.5, 0.6) is 17.2 Å². The first kappa shape index (κ1) is 19.9. The highest BCUT2D eigenvalue weighted by molar-refractivity contribution is 6.31. The van der Waals surface area contributed by atoms with Crippen LogP contribution in [0, 0.1) is 0 Å². The smallest absolute Gasteiger partial charge is 0.316 e. The molecule has 0 bridgehead atoms. The highest BCUT2D eigenvalue weighted by Gasteiger charge is 2.50. The van der Waals surface area contributed by atoms with Crippen molar-refractivity contribution in [2.24, 2.45) is 0 Å². The van der Waals surface area contributed by atoms with E-state index in [0.29, 0.717) is 0 Å². The van der Waals surface area contributed by atoms with E-state index in [2.05, 4.69) is 0 Å². The van der Waals surface area contributed by atoms with Crippen LogP contribution in [0.1, 0.15) is 68.3 Å². The predicted octanol–water partition coefficient (Wildman–Crippen LogP) is 1.02. The summed E-state index contributed by atoms with van der Waals surface area (Å²) >= 11 is 0. The molecule has 0 radical (unpaired) electrons. The number of phenolic OH excluding ortho intramolecular Hbond substituents is 3. The molecule has 9 nitrogen and oxygen atoms in total. The second-order valence-electron chi connectivity index (χ2n) is 7.70. The molecule has 156 valence electrons. The lowest BCUT2D eigenvalue weighted by Gasteiger charge is -2.40. The number of carbonyl (C=O) groups excluding carboxylic acids is 3. The number of carbonyl (C=O) groups is 3. The third-order valence-corrected chi connectivity index (χ3v) is 5.77. The molecule has 1 unspecified atom stereocenters. The zero-order chi connectivity index (χ0) is 22.1. The Hall–Kier alpha value is -3.43. The van der Waals surface area contributed by atoms with Crippen LogP contribution >= 0.6 is 0 Å². The molecule has 2 aromatic carbocycles. The average Bonchev–Trinajstić information content (AvgIpc) is 2.66. The lowest BCUT2D eigenvalue weighted by atomic mass is 9.68. The van der Waals surface area contributed by atoms with Gasteiger partial charge in [-0.3, -0.25) is 14.4 Å². The molecular weight excluding hydrogens is 396 g/mol. The second kappa shape index (κ2) is 6.28. The number of ketones is 2. The number of aromatic hydroxyl groups is 3. The van der Waals surface area contributed by atoms with Gasteiger partial charge in [-0.15, -0.1) is 0 Å². The van der Waals surface area contributed by atoms with Crippen molar-refractivity contribution in [2.45, 2.75) is 31.0 Å². The van der Waals surface area contributed by atoms with Gasteiger partial charge in [-0.1, -0.05) is 0 Å². The lowest BCUT2D eigenvalue weighted by molar-refractivity contribution is -0.151. The zero-order valence-corrected chi connectivity index (χ0v) is 16.0. The van der Waals surface area contributed by atoms with E-state index >= 15 is 0 Å². The van der Waals surface area contributed by atoms with E-state index in [1.54, 1.807) is 0 Å². The van der Waals surface area contributed by atoms with Gasteiger partial charge in [-0.2, -0.15) is 0 Å². The summed E-state index contributed by atoms with van der Waals surface area (Å²) in [6.07, 6.45) is -1.78. The first-order valence-corrected chi connectivity index (χ1v) is 9.03. The van der Waals surface area contributed by atoms with E-state index in [-0.39, 0.29) is 23.1 Å². The van der Waals surface area contributed by atoms with Gasteiger partial charge in [-0.05, 0) is 30.7 Å². The van der Waals surface area contributed by atoms with E-state index in [0.717, 1.165) is 25.3 Å². The van der Waals surface area contributed by atoms with Crippen LogP contribution in [0.2, 0.25) is 0 Å². The van der Waals surface area contributed by atoms with Gasteiger partial charge in [0.2, 0.25) is 5.78 Å². The Kier molecular flexibility index (Phi) is 4.16. The number of aliphatic hydroxyl groups is 2. The average molecular weight is 414 g/mol. The van der Waals surface area contributed by atoms with Gasteiger partial charge in [0.05, 0.1) is 35.5 Å². The normalized spacial score (nSPS) is 24.7. The van der Waals surface area contributed by atoms with E-state index in [4.69, 9.17) is 4.74 Å². The number of rotatable bonds is 1. The van der Waals surface area contributed by atoms with Crippen LogP contribution in [-0.2, 0) is 9.53 Å². The standard InChI is InChI=1S/C21H18O9/c1-21(29)6-11(24)12-7(16(21)20(28)30-2)5-8-13(18(12)26)19(27)15-10(23)4-3-9(22)14(15)17(8)25/h3-5,11,16,22-24,26,29H,6H2,1-2H3/t11-,16?,21+/m1/s1. The predicted molar refractivity (Wildman–Crippen MR) is 99.7 cm³/mol. The van der Waals surface area contributed by atoms with E-state index in [1.807, 2.05) is 0 Å². The highest BCUT2D eigenvalue weighted by Crippen LogP contribution is 2.51. The number of phenols is 3. The molecule has 0 spiro atoms. The summed E-state index contributed by atoms with van der Waals surface area (Å²) in [5, 5.41) is 52.3. The fourth-order valence-electron chi connectivity index (χ4n) is 4.45. The summed E-state index contributed by atoms with van der Waals surface area (Å²) in [6.45, 7) is 1.31. The summed E-state index contributed by atoms with van der Waals surface area (Å²) < 4.78 is 4.75. The van der Waals surface area contributed by atoms with Crippen LogP contribution in [0.3, 0.4) is 0 Å². The van der Waals surface area contributed by atoms with Crippen molar-refractivity contribution in [3.8, 4) is 17.2 Å². The molecule has 2 aromatic rings. The molecule has 30 heavy (non-hydrogen) atoms. The van der Waals surface area contributed by atoms with Gasteiger partial charge in [0.15, 0.2) is 5.78 Å². The summed E-state index contributed by atoms with van der Waals surface area (Å²) in [5.41, 5.74) is -3.71. The summed E-state index contributed by atoms with van der Waals surface area (Å²) in [6, 6.07) is 3.23. The molecule has 2 aliphatic carbocycles. The van der Waals surface area contributed by atoms with Gasteiger partial charge < -0.3 is 30.3 Å². The minimum atomic E-state index is -1.76. The SMILES string of the molecule is COC(=O)C1c2cc3c(c(O)c2[C@H](O)C[C@]1(C)O)C(=O)c1c(O)ccc(O)c1C3=O. The number of ether oxygens (including phenoxy) is 1. The number of hydrogen-bond acceptors (Lipinski definition) is 9. The number of hydrogen-bond donors (Lipinski definition) is 5. The summed E-state index contributed by atoms with van der Waals surface area (Å²) in [5.74, 6) is -5.82. The fraction of sp³-hybridized carbons (Fsp3) is 0.286. The highest BCUT2D eigenvalue weighted by atomic mass is 16.5. The summed E-state index contributed by atoms with van der Waals surface area (Å²) in [7, 11) is 1.10. The van der Waals surface area contributed by atoms with E-state index in [1.165, 1.54) is 6.92 Å². The Labute approximate surface area is 169 Å². The molecule has 0 aliphatic heterocycles. The molecule has 0 fully saturated rings. The Morgan fingerprint density at radius 3 is 2.20 bits per heavy atom. The van der Waals surface area contributed by atoms with Crippen LogP contribution in [0.4, 0.5) is 0 Å². The number of esters is 1. The maximum Gasteiger partial charge on any atom is 0.316 e. The Balaban J connectivity index is 2.07. The number of aliphatic hydroxyl groups excluding tert-OH is 1. The van der Waals surface area contributed by atoms with Crippen molar-refractivity contribution in [1.29, 1.82) is 0 Å². The Morgan fingerprint density at radius 2 is 1.63 bits per heavy atom. The molecule has 0 amide bonds. The van der Waals surface area contributed by atoms with Crippen molar-refractivity contribution in [1.82, 2.24) is 0 Å². The maximum absolute atomic E-state index is 13.1. The van der Waals surface area contributed by atoms with Crippen LogP contribution in [0.15, 0.2) is 18.2 Å². The third kappa shape index (κ3) is 2.45. The third-order valence-electron chi connectivity index (χ3n) is 5.77. The molecule has 0 saturated carbocycles. The minimum Gasteiger partial charge on any atom is -0.507 e. The van der Waals surface area contributed by atoms with Crippen LogP contribution in [0.25, 0.3) is 0 Å². The minimum absolute atomic E-state index is 0.0638. The van der Waals surface area contributed by atoms with Gasteiger partial charge in [-0.25, -0.2) is 0 Å². The maximum atomic E-state index is 13.1. The largest absolute Gasteiger partial charge is 0.507 e. The molecule has 3 atom stereocenters. The number of benzene rings is 2. The molecule has 0 saturated heterocycles. The first-order chi connectivity index (χ1) is 14.0. The topological polar surface area (TPSA) is 162 Å². The summed E-state index contributed by atoms with van der Waals surface area (Å²) in [4.78, 5) is 38.5. The Bertz CT molecular complexity index is 1150. The molecule has 5 N–H and O–H groups in total. The van der Waals surface area contributed by atoms with E-state index in [9.17, 15) is 39.9 Å². The van der Waals surface area contributed by atoms with Crippen molar-refractivity contribution < 1.29 is 44.7 Å². The van der Waals surface area contributed by atoms with Crippen molar-refractivity contribution >= 4 is 17.5 Å². The first-order valence-electron chi connectivity index (χ1n) is 9.03. The molecule has 2 aliphatic rings. The molecule has 9 heteroatoms. The number of methoxy groups -OCH3 is 1. The number of fused-ring (bicyclic) bond motifs is 3. The van der Waals surface area contributed by atoms with Crippen molar-refractivity contribution in [2.75, 3.05) is 7.11 Å². The molecule has 0 aromatic heterocycles. The Morgan fingerprint density at radius 1 is 1.07 bits per heavy atom. The van der Waals surface area contributed by atoms with Crippen molar-refractivity contribution in [3.05, 3.63) is 51.6 Å². The second-order valence-corrected chi connectivity index (χ2v) is 7.70. The quantitative estimate of drug-likeness (QED) is 0.289. The van der Waals surface area contributed by atoms with Crippen molar-refractivity contribution in [3.63, 3.8) is 0 Å². The molecular formula is C21H18O9.